The van der Waals surface area contributed by atoms with Gasteiger partial charge in [-0.3, -0.25) is 4.90 Å². The maximum Gasteiger partial charge on any atom is 0.339 e. The van der Waals surface area contributed by atoms with E-state index in [2.05, 4.69) is 18.7 Å². The number of carboxylic acids is 1. The predicted octanol–water partition coefficient (Wildman–Crippen LogP) is 2.55. The molecule has 0 aliphatic rings. The van der Waals surface area contributed by atoms with Crippen molar-refractivity contribution in [2.24, 2.45) is 0 Å². The fourth-order valence-electron chi connectivity index (χ4n) is 1.50. The molecule has 1 rings (SSSR count). The summed E-state index contributed by atoms with van der Waals surface area (Å²) in [6, 6.07) is 1.61. The first-order chi connectivity index (χ1) is 7.08. The first-order valence-electron chi connectivity index (χ1n) is 5.13. The van der Waals surface area contributed by atoms with Gasteiger partial charge < -0.3 is 9.52 Å². The largest absolute Gasteiger partial charge is 0.478 e. The van der Waals surface area contributed by atoms with Gasteiger partial charge in [-0.1, -0.05) is 13.8 Å². The van der Waals surface area contributed by atoms with E-state index in [4.69, 9.17) is 9.52 Å². The van der Waals surface area contributed by atoms with Crippen LogP contribution in [0.25, 0.3) is 0 Å². The van der Waals surface area contributed by atoms with Gasteiger partial charge in [-0.25, -0.2) is 4.79 Å². The Morgan fingerprint density at radius 1 is 1.44 bits per heavy atom. The Hall–Kier alpha value is -1.000. The number of furan rings is 1. The van der Waals surface area contributed by atoms with Crippen molar-refractivity contribution in [1.29, 1.82) is 0 Å². The molecule has 0 radical (unpaired) electrons. The van der Waals surface area contributed by atoms with Crippen molar-refractivity contribution in [2.45, 2.75) is 27.3 Å². The Morgan fingerprint density at radius 2 is 2.00 bits per heavy atom. The number of aryl methyl sites for hydroxylation is 1. The van der Waals surface area contributed by atoms with Crippen molar-refractivity contribution >= 4 is 18.4 Å². The molecule has 92 valence electrons. The number of carboxylic acid groups (broad SMARTS) is 1. The molecule has 1 N–H and O–H groups in total. The molecule has 0 spiro atoms. The third kappa shape index (κ3) is 3.54. The lowest BCUT2D eigenvalue weighted by Gasteiger charge is -2.15. The van der Waals surface area contributed by atoms with Crippen molar-refractivity contribution in [3.63, 3.8) is 0 Å². The van der Waals surface area contributed by atoms with Crippen LogP contribution in [0.5, 0.6) is 0 Å². The molecule has 0 amide bonds. The lowest BCUT2D eigenvalue weighted by molar-refractivity contribution is 0.0695. The monoisotopic (exact) mass is 247 g/mol. The quantitative estimate of drug-likeness (QED) is 0.869. The number of halogens is 1. The van der Waals surface area contributed by atoms with Gasteiger partial charge in [0.25, 0.3) is 0 Å². The van der Waals surface area contributed by atoms with E-state index in [0.717, 1.165) is 13.1 Å². The van der Waals surface area contributed by atoms with Gasteiger partial charge in [-0.05, 0) is 26.1 Å². The number of carbonyl (C=O) groups is 1. The summed E-state index contributed by atoms with van der Waals surface area (Å²) >= 11 is 0. The van der Waals surface area contributed by atoms with Crippen molar-refractivity contribution in [3.8, 4) is 0 Å². The van der Waals surface area contributed by atoms with Crippen molar-refractivity contribution in [1.82, 2.24) is 4.90 Å². The van der Waals surface area contributed by atoms with Crippen molar-refractivity contribution in [2.75, 3.05) is 13.1 Å². The smallest absolute Gasteiger partial charge is 0.339 e. The van der Waals surface area contributed by atoms with Gasteiger partial charge in [-0.15, -0.1) is 12.4 Å². The van der Waals surface area contributed by atoms with Gasteiger partial charge in [-0.2, -0.15) is 0 Å². The van der Waals surface area contributed by atoms with Gasteiger partial charge in [0.1, 0.15) is 17.1 Å². The van der Waals surface area contributed by atoms with Gasteiger partial charge in [0.15, 0.2) is 0 Å². The predicted molar refractivity (Wildman–Crippen MR) is 64.3 cm³/mol. The lowest BCUT2D eigenvalue weighted by Crippen LogP contribution is -2.21. The van der Waals surface area contributed by atoms with E-state index >= 15 is 0 Å². The third-order valence-electron chi connectivity index (χ3n) is 2.47. The highest BCUT2D eigenvalue weighted by Gasteiger charge is 2.14. The van der Waals surface area contributed by atoms with Crippen LogP contribution in [0, 0.1) is 6.92 Å². The second-order valence-electron chi connectivity index (χ2n) is 3.45. The van der Waals surface area contributed by atoms with Crippen LogP contribution in [0.1, 0.15) is 35.7 Å². The van der Waals surface area contributed by atoms with E-state index < -0.39 is 5.97 Å². The average Bonchev–Trinajstić information content (AvgIpc) is 2.56. The summed E-state index contributed by atoms with van der Waals surface area (Å²) in [5.74, 6) is 0.264. The standard InChI is InChI=1S/C11H17NO3.ClH/c1-4-12(5-2)7-9-6-10(11(13)14)8(3)15-9;/h6H,4-5,7H2,1-3H3,(H,13,14);1H. The van der Waals surface area contributed by atoms with E-state index in [0.29, 0.717) is 18.1 Å². The number of nitrogens with zero attached hydrogens (tertiary/aromatic N) is 1. The minimum Gasteiger partial charge on any atom is -0.478 e. The molecule has 0 bridgehead atoms. The van der Waals surface area contributed by atoms with Crippen LogP contribution in [-0.4, -0.2) is 29.1 Å². The molecule has 0 fully saturated rings. The molecule has 1 aromatic rings. The molecule has 4 nitrogen and oxygen atoms in total. The fourth-order valence-corrected chi connectivity index (χ4v) is 1.50. The molecule has 1 aromatic heterocycles. The van der Waals surface area contributed by atoms with Crippen LogP contribution in [-0.2, 0) is 6.54 Å². The maximum absolute atomic E-state index is 10.8. The minimum absolute atomic E-state index is 0. The number of hydrogen-bond donors (Lipinski definition) is 1. The molecule has 0 unspecified atom stereocenters. The second kappa shape index (κ2) is 6.55. The first-order valence-corrected chi connectivity index (χ1v) is 5.13. The van der Waals surface area contributed by atoms with E-state index in [1.807, 2.05) is 0 Å². The topological polar surface area (TPSA) is 53.7 Å². The SMILES string of the molecule is CCN(CC)Cc1cc(C(=O)O)c(C)o1.Cl. The van der Waals surface area contributed by atoms with Crippen LogP contribution in [0.2, 0.25) is 0 Å². The Balaban J connectivity index is 0.00000225. The Labute approximate surface area is 102 Å². The van der Waals surface area contributed by atoms with E-state index in [9.17, 15) is 4.79 Å². The summed E-state index contributed by atoms with van der Waals surface area (Å²) < 4.78 is 5.39. The Morgan fingerprint density at radius 3 is 2.38 bits per heavy atom. The van der Waals surface area contributed by atoms with E-state index in [-0.39, 0.29) is 18.0 Å². The summed E-state index contributed by atoms with van der Waals surface area (Å²) in [5.41, 5.74) is 0.261. The molecule has 5 heteroatoms. The van der Waals surface area contributed by atoms with E-state index in [1.54, 1.807) is 13.0 Å². The lowest BCUT2D eigenvalue weighted by atomic mass is 10.2. The summed E-state index contributed by atoms with van der Waals surface area (Å²) in [4.78, 5) is 13.0. The Bertz CT molecular complexity index is 345. The third-order valence-corrected chi connectivity index (χ3v) is 2.47. The minimum atomic E-state index is -0.929. The maximum atomic E-state index is 10.8. The normalized spacial score (nSPS) is 10.2. The summed E-state index contributed by atoms with van der Waals surface area (Å²) in [7, 11) is 0. The first kappa shape index (κ1) is 15.0. The van der Waals surface area contributed by atoms with E-state index in [1.165, 1.54) is 0 Å². The highest BCUT2D eigenvalue weighted by atomic mass is 35.5. The molecule has 16 heavy (non-hydrogen) atoms. The highest BCUT2D eigenvalue weighted by Crippen LogP contribution is 2.16. The summed E-state index contributed by atoms with van der Waals surface area (Å²) in [6.07, 6.45) is 0. The average molecular weight is 248 g/mol. The number of rotatable bonds is 5. The highest BCUT2D eigenvalue weighted by molar-refractivity contribution is 5.88. The molecule has 0 aliphatic carbocycles. The molecular formula is C11H18ClNO3. The van der Waals surface area contributed by atoms with Gasteiger partial charge in [0.2, 0.25) is 0 Å². The van der Waals surface area contributed by atoms with Gasteiger partial charge >= 0.3 is 5.97 Å². The molecule has 0 aromatic carbocycles. The van der Waals surface area contributed by atoms with Crippen LogP contribution in [0.15, 0.2) is 10.5 Å². The molecule has 0 atom stereocenters. The van der Waals surface area contributed by atoms with Crippen molar-refractivity contribution < 1.29 is 14.3 Å². The number of hydrogen-bond acceptors (Lipinski definition) is 3. The van der Waals surface area contributed by atoms with Gasteiger partial charge in [0, 0.05) is 0 Å². The van der Waals surface area contributed by atoms with Crippen LogP contribution in [0.4, 0.5) is 0 Å². The molecular weight excluding hydrogens is 230 g/mol. The summed E-state index contributed by atoms with van der Waals surface area (Å²) in [6.45, 7) is 8.34. The van der Waals surface area contributed by atoms with Crippen LogP contribution < -0.4 is 0 Å². The fraction of sp³-hybridized carbons (Fsp3) is 0.545. The Kier molecular flexibility index (Phi) is 6.14. The van der Waals surface area contributed by atoms with Crippen LogP contribution in [0.3, 0.4) is 0 Å². The molecule has 0 saturated heterocycles. The van der Waals surface area contributed by atoms with Crippen molar-refractivity contribution in [3.05, 3.63) is 23.2 Å². The zero-order valence-electron chi connectivity index (χ0n) is 9.82. The van der Waals surface area contributed by atoms with Crippen LogP contribution >= 0.6 is 12.4 Å². The zero-order valence-corrected chi connectivity index (χ0v) is 10.6. The summed E-state index contributed by atoms with van der Waals surface area (Å²) in [5, 5.41) is 8.85. The molecule has 0 aliphatic heterocycles. The van der Waals surface area contributed by atoms with Gasteiger partial charge in [0.05, 0.1) is 6.54 Å². The zero-order chi connectivity index (χ0) is 11.4. The number of aromatic carboxylic acids is 1. The second-order valence-corrected chi connectivity index (χ2v) is 3.45. The molecule has 1 heterocycles. The molecule has 0 saturated carbocycles.